The van der Waals surface area contributed by atoms with Gasteiger partial charge in [-0.05, 0) is 11.6 Å². The van der Waals surface area contributed by atoms with Crippen LogP contribution in [0.1, 0.15) is 5.56 Å². The Morgan fingerprint density at radius 1 is 1.35 bits per heavy atom. The van der Waals surface area contributed by atoms with Crippen molar-refractivity contribution >= 4 is 29.6 Å². The molecule has 0 aromatic heterocycles. The van der Waals surface area contributed by atoms with Gasteiger partial charge in [0.15, 0.2) is 6.61 Å². The Hall–Kier alpha value is -3.23. The minimum Gasteiger partial charge on any atom is -0.468 e. The maximum atomic E-state index is 11.4. The van der Waals surface area contributed by atoms with Gasteiger partial charge in [0.1, 0.15) is 6.54 Å². The highest BCUT2D eigenvalue weighted by Crippen LogP contribution is 2.14. The molecule has 9 nitrogen and oxygen atoms in total. The first kappa shape index (κ1) is 17.8. The van der Waals surface area contributed by atoms with Gasteiger partial charge in [0.2, 0.25) is 0 Å². The van der Waals surface area contributed by atoms with Crippen LogP contribution in [-0.4, -0.2) is 43.0 Å². The standard InChI is InChI=1S/C14H14N2O7/c1-22-14(19)8-15-12(17)9-23-13(18)6-5-10-3-2-4-11(7-10)16(20)21/h2-7H,8-9H2,1H3,(H,15,17). The number of ether oxygens (including phenoxy) is 2. The summed E-state index contributed by atoms with van der Waals surface area (Å²) in [5, 5.41) is 12.8. The van der Waals surface area contributed by atoms with Crippen molar-refractivity contribution in [3.8, 4) is 0 Å². The van der Waals surface area contributed by atoms with Crippen molar-refractivity contribution in [3.63, 3.8) is 0 Å². The Morgan fingerprint density at radius 3 is 2.74 bits per heavy atom. The number of amides is 1. The van der Waals surface area contributed by atoms with Crippen LogP contribution in [0.4, 0.5) is 5.69 Å². The van der Waals surface area contributed by atoms with Gasteiger partial charge in [-0.3, -0.25) is 19.7 Å². The average molecular weight is 322 g/mol. The molecule has 0 saturated heterocycles. The Balaban J connectivity index is 2.44. The van der Waals surface area contributed by atoms with Crippen molar-refractivity contribution in [3.05, 3.63) is 46.0 Å². The van der Waals surface area contributed by atoms with Crippen LogP contribution < -0.4 is 5.32 Å². The molecule has 0 saturated carbocycles. The highest BCUT2D eigenvalue weighted by atomic mass is 16.6. The summed E-state index contributed by atoms with van der Waals surface area (Å²) in [5.74, 6) is -2.09. The van der Waals surface area contributed by atoms with E-state index in [2.05, 4.69) is 14.8 Å². The van der Waals surface area contributed by atoms with E-state index in [1.54, 1.807) is 6.07 Å². The van der Waals surface area contributed by atoms with Crippen LogP contribution in [0.3, 0.4) is 0 Å². The quantitative estimate of drug-likeness (QED) is 0.334. The van der Waals surface area contributed by atoms with Crippen LogP contribution in [0, 0.1) is 10.1 Å². The highest BCUT2D eigenvalue weighted by Gasteiger charge is 2.08. The van der Waals surface area contributed by atoms with E-state index in [9.17, 15) is 24.5 Å². The molecule has 1 aromatic carbocycles. The first-order valence-corrected chi connectivity index (χ1v) is 6.35. The lowest BCUT2D eigenvalue weighted by Gasteiger charge is -2.03. The molecule has 0 radical (unpaired) electrons. The van der Waals surface area contributed by atoms with Gasteiger partial charge in [0.05, 0.1) is 12.0 Å². The summed E-state index contributed by atoms with van der Waals surface area (Å²) in [6.45, 7) is -0.883. The predicted octanol–water partition coefficient (Wildman–Crippen LogP) is 0.440. The third-order valence-electron chi connectivity index (χ3n) is 2.50. The Morgan fingerprint density at radius 2 is 2.09 bits per heavy atom. The van der Waals surface area contributed by atoms with Gasteiger partial charge in [-0.2, -0.15) is 0 Å². The van der Waals surface area contributed by atoms with E-state index < -0.39 is 29.4 Å². The van der Waals surface area contributed by atoms with E-state index in [0.29, 0.717) is 5.56 Å². The number of non-ortho nitro benzene ring substituents is 1. The van der Waals surface area contributed by atoms with Crippen molar-refractivity contribution in [1.82, 2.24) is 5.32 Å². The summed E-state index contributed by atoms with van der Waals surface area (Å²) >= 11 is 0. The molecule has 0 aliphatic heterocycles. The molecule has 1 N–H and O–H groups in total. The fourth-order valence-corrected chi connectivity index (χ4v) is 1.39. The number of carbonyl (C=O) groups excluding carboxylic acids is 3. The molecule has 23 heavy (non-hydrogen) atoms. The van der Waals surface area contributed by atoms with Gasteiger partial charge in [-0.25, -0.2) is 4.79 Å². The largest absolute Gasteiger partial charge is 0.468 e. The van der Waals surface area contributed by atoms with Crippen LogP contribution in [0.25, 0.3) is 6.08 Å². The predicted molar refractivity (Wildman–Crippen MR) is 78.1 cm³/mol. The van der Waals surface area contributed by atoms with Crippen LogP contribution >= 0.6 is 0 Å². The fraction of sp³-hybridized carbons (Fsp3) is 0.214. The smallest absolute Gasteiger partial charge is 0.331 e. The minimum absolute atomic E-state index is 0.109. The number of nitro groups is 1. The van der Waals surface area contributed by atoms with Gasteiger partial charge in [-0.1, -0.05) is 12.1 Å². The van der Waals surface area contributed by atoms with E-state index in [1.165, 1.54) is 31.4 Å². The molecule has 0 bridgehead atoms. The summed E-state index contributed by atoms with van der Waals surface area (Å²) in [5.41, 5.74) is 0.328. The zero-order valence-corrected chi connectivity index (χ0v) is 12.2. The second kappa shape index (κ2) is 8.93. The topological polar surface area (TPSA) is 125 Å². The van der Waals surface area contributed by atoms with Crippen molar-refractivity contribution in [2.45, 2.75) is 0 Å². The second-order valence-corrected chi connectivity index (χ2v) is 4.15. The monoisotopic (exact) mass is 322 g/mol. The third-order valence-corrected chi connectivity index (χ3v) is 2.50. The molecule has 0 aliphatic carbocycles. The number of benzene rings is 1. The number of carbonyl (C=O) groups is 3. The normalized spacial score (nSPS) is 10.1. The van der Waals surface area contributed by atoms with Crippen molar-refractivity contribution in [2.75, 3.05) is 20.3 Å². The van der Waals surface area contributed by atoms with Crippen LogP contribution in [0.5, 0.6) is 0 Å². The zero-order chi connectivity index (χ0) is 17.2. The molecule has 0 atom stereocenters. The molecule has 1 amide bonds. The molecule has 1 aromatic rings. The van der Waals surface area contributed by atoms with Gasteiger partial charge < -0.3 is 14.8 Å². The van der Waals surface area contributed by atoms with E-state index >= 15 is 0 Å². The molecular formula is C14H14N2O7. The van der Waals surface area contributed by atoms with Crippen LogP contribution in [0.15, 0.2) is 30.3 Å². The number of nitro benzene ring substituents is 1. The number of rotatable bonds is 7. The second-order valence-electron chi connectivity index (χ2n) is 4.15. The van der Waals surface area contributed by atoms with Gasteiger partial charge in [0.25, 0.3) is 11.6 Å². The first-order chi connectivity index (χ1) is 10.9. The SMILES string of the molecule is COC(=O)CNC(=O)COC(=O)C=Cc1cccc([N+](=O)[O-])c1. The van der Waals surface area contributed by atoms with Gasteiger partial charge in [-0.15, -0.1) is 0 Å². The maximum Gasteiger partial charge on any atom is 0.331 e. The van der Waals surface area contributed by atoms with E-state index in [4.69, 9.17) is 0 Å². The first-order valence-electron chi connectivity index (χ1n) is 6.35. The molecule has 0 aliphatic rings. The van der Waals surface area contributed by atoms with Crippen LogP contribution in [-0.2, 0) is 23.9 Å². The molecule has 0 unspecified atom stereocenters. The van der Waals surface area contributed by atoms with Gasteiger partial charge in [0, 0.05) is 18.2 Å². The van der Waals surface area contributed by atoms with Crippen molar-refractivity contribution in [1.29, 1.82) is 0 Å². The summed E-state index contributed by atoms with van der Waals surface area (Å²) < 4.78 is 8.97. The number of nitrogens with one attached hydrogen (secondary N) is 1. The molecule has 0 spiro atoms. The molecule has 1 rings (SSSR count). The lowest BCUT2D eigenvalue weighted by Crippen LogP contribution is -2.33. The van der Waals surface area contributed by atoms with E-state index in [0.717, 1.165) is 6.08 Å². The minimum atomic E-state index is -0.801. The summed E-state index contributed by atoms with van der Waals surface area (Å²) in [7, 11) is 1.17. The van der Waals surface area contributed by atoms with E-state index in [1.807, 2.05) is 0 Å². The molecular weight excluding hydrogens is 308 g/mol. The maximum absolute atomic E-state index is 11.4. The molecule has 122 valence electrons. The van der Waals surface area contributed by atoms with Crippen LogP contribution in [0.2, 0.25) is 0 Å². The Kier molecular flexibility index (Phi) is 6.92. The molecule has 0 fully saturated rings. The number of esters is 2. The fourth-order valence-electron chi connectivity index (χ4n) is 1.39. The Bertz CT molecular complexity index is 640. The summed E-state index contributed by atoms with van der Waals surface area (Å²) in [6.07, 6.45) is 2.36. The molecule has 0 heterocycles. The molecule has 9 heteroatoms. The average Bonchev–Trinajstić information content (AvgIpc) is 2.56. The lowest BCUT2D eigenvalue weighted by atomic mass is 10.2. The van der Waals surface area contributed by atoms with Gasteiger partial charge >= 0.3 is 11.9 Å². The van der Waals surface area contributed by atoms with Crippen molar-refractivity contribution < 1.29 is 28.8 Å². The van der Waals surface area contributed by atoms with Crippen molar-refractivity contribution in [2.24, 2.45) is 0 Å². The number of methoxy groups -OCH3 is 1. The Labute approximate surface area is 131 Å². The zero-order valence-electron chi connectivity index (χ0n) is 12.2. The van der Waals surface area contributed by atoms with E-state index in [-0.39, 0.29) is 12.2 Å². The summed E-state index contributed by atoms with van der Waals surface area (Å²) in [6, 6.07) is 5.65. The highest BCUT2D eigenvalue weighted by molar-refractivity contribution is 5.90. The number of hydrogen-bond acceptors (Lipinski definition) is 7. The third kappa shape index (κ3) is 6.85. The lowest BCUT2D eigenvalue weighted by molar-refractivity contribution is -0.384. The summed E-state index contributed by atoms with van der Waals surface area (Å²) in [4.78, 5) is 43.5. The number of hydrogen-bond donors (Lipinski definition) is 1. The number of nitrogens with zero attached hydrogens (tertiary/aromatic N) is 1.